The number of carbonyl (C=O) groups excluding carboxylic acids is 1. The van der Waals surface area contributed by atoms with Crippen molar-refractivity contribution in [1.82, 2.24) is 49.3 Å². The summed E-state index contributed by atoms with van der Waals surface area (Å²) in [6.45, 7) is 4.19. The number of nitrogens with zero attached hydrogens (tertiary/aromatic N) is 11. The molecule has 4 aromatic heterocycles. The highest BCUT2D eigenvalue weighted by Crippen LogP contribution is 2.41. The topological polar surface area (TPSA) is 196 Å². The monoisotopic (exact) mass is 632 g/mol. The summed E-state index contributed by atoms with van der Waals surface area (Å²) in [6, 6.07) is 9.93. The van der Waals surface area contributed by atoms with Crippen molar-refractivity contribution >= 4 is 28.9 Å². The molecule has 4 atom stereocenters. The van der Waals surface area contributed by atoms with Crippen molar-refractivity contribution in [2.24, 2.45) is 7.05 Å². The van der Waals surface area contributed by atoms with Crippen LogP contribution in [0.3, 0.4) is 0 Å². The molecule has 0 saturated carbocycles. The summed E-state index contributed by atoms with van der Waals surface area (Å²) in [5.41, 5.74) is 2.72. The lowest BCUT2D eigenvalue weighted by Crippen LogP contribution is -2.34. The van der Waals surface area contributed by atoms with Gasteiger partial charge in [-0.05, 0) is 24.1 Å². The maximum atomic E-state index is 12.1. The standard InChI is InChI=1S/C29H36N12O5/c1-4-41-36-25(35-37-41)23-22(44)24(45-18(2)43)28(46-23)40-16-32-21-26(39(17-42)13-11-19-8-6-5-7-9-19)33-29(34-27(21)40)30-12-10-20-14-38(3)15-31-20/h5-9,14-16,22-24,28,42,44H,4,10-13,17H2,1-3H3,(H,30,33,34)/t22-,23+,24-,28-/m1/s1. The number of ether oxygens (including phenoxy) is 2. The van der Waals surface area contributed by atoms with E-state index in [4.69, 9.17) is 19.4 Å². The minimum Gasteiger partial charge on any atom is -0.455 e. The Morgan fingerprint density at radius 1 is 1.15 bits per heavy atom. The Kier molecular flexibility index (Phi) is 9.13. The predicted molar refractivity (Wildman–Crippen MR) is 163 cm³/mol. The van der Waals surface area contributed by atoms with Gasteiger partial charge in [0.2, 0.25) is 11.8 Å². The smallest absolute Gasteiger partial charge is 0.303 e. The second-order valence-corrected chi connectivity index (χ2v) is 10.9. The first kappa shape index (κ1) is 31.0. The van der Waals surface area contributed by atoms with Gasteiger partial charge in [0.05, 0.1) is 24.9 Å². The SMILES string of the molecule is CCn1nnc([C@H]2O[C@@H](n3cnc4c(N(CO)CCc5ccccc5)nc(NCCc5cn(C)cn5)nc43)[C@H](OC(C)=O)[C@@H]2O)n1. The number of rotatable bonds is 13. The molecule has 1 aliphatic heterocycles. The first-order valence-corrected chi connectivity index (χ1v) is 15.0. The molecule has 0 spiro atoms. The lowest BCUT2D eigenvalue weighted by Gasteiger charge is -2.23. The van der Waals surface area contributed by atoms with Gasteiger partial charge in [0.25, 0.3) is 0 Å². The van der Waals surface area contributed by atoms with Gasteiger partial charge in [-0.2, -0.15) is 14.8 Å². The van der Waals surface area contributed by atoms with Crippen molar-refractivity contribution in [2.45, 2.75) is 57.8 Å². The number of aryl methyl sites for hydroxylation is 2. The van der Waals surface area contributed by atoms with E-state index in [2.05, 4.69) is 30.7 Å². The average molecular weight is 633 g/mol. The van der Waals surface area contributed by atoms with Crippen molar-refractivity contribution in [3.05, 3.63) is 66.3 Å². The molecule has 17 heteroatoms. The van der Waals surface area contributed by atoms with Gasteiger partial charge >= 0.3 is 5.97 Å². The highest BCUT2D eigenvalue weighted by Gasteiger charge is 2.50. The molecule has 0 unspecified atom stereocenters. The molecular weight excluding hydrogens is 596 g/mol. The van der Waals surface area contributed by atoms with Gasteiger partial charge in [-0.25, -0.2) is 9.97 Å². The number of tetrazole rings is 1. The van der Waals surface area contributed by atoms with E-state index >= 15 is 0 Å². The summed E-state index contributed by atoms with van der Waals surface area (Å²) in [5.74, 6) is 0.227. The van der Waals surface area contributed by atoms with Crippen LogP contribution in [0, 0.1) is 0 Å². The maximum absolute atomic E-state index is 12.1. The zero-order valence-corrected chi connectivity index (χ0v) is 25.7. The van der Waals surface area contributed by atoms with Crippen LogP contribution < -0.4 is 10.2 Å². The summed E-state index contributed by atoms with van der Waals surface area (Å²) < 4.78 is 15.3. The molecular formula is C29H36N12O5. The second kappa shape index (κ2) is 13.6. The summed E-state index contributed by atoms with van der Waals surface area (Å²) >= 11 is 0. The van der Waals surface area contributed by atoms with Crippen LogP contribution in [-0.2, 0) is 40.7 Å². The van der Waals surface area contributed by atoms with Crippen molar-refractivity contribution in [2.75, 3.05) is 30.0 Å². The van der Waals surface area contributed by atoms with Crippen LogP contribution in [0.15, 0.2) is 49.2 Å². The number of carbonyl (C=O) groups is 1. The first-order chi connectivity index (χ1) is 22.3. The molecule has 1 aromatic carbocycles. The number of imidazole rings is 2. The third-order valence-electron chi connectivity index (χ3n) is 7.60. The van der Waals surface area contributed by atoms with E-state index in [1.54, 1.807) is 15.8 Å². The van der Waals surface area contributed by atoms with E-state index < -0.39 is 30.5 Å². The Hall–Kier alpha value is -5.00. The molecule has 5 aromatic rings. The third-order valence-corrected chi connectivity index (χ3v) is 7.60. The molecule has 0 bridgehead atoms. The van der Waals surface area contributed by atoms with Gasteiger partial charge < -0.3 is 34.5 Å². The number of fused-ring (bicyclic) bond motifs is 1. The lowest BCUT2D eigenvalue weighted by atomic mass is 10.1. The molecule has 242 valence electrons. The maximum Gasteiger partial charge on any atom is 0.303 e. The van der Waals surface area contributed by atoms with Crippen LogP contribution in [0.5, 0.6) is 0 Å². The van der Waals surface area contributed by atoms with Crippen LogP contribution in [0.4, 0.5) is 11.8 Å². The van der Waals surface area contributed by atoms with Gasteiger partial charge in [-0.1, -0.05) is 30.3 Å². The summed E-state index contributed by atoms with van der Waals surface area (Å²) in [4.78, 5) is 33.7. The van der Waals surface area contributed by atoms with Crippen LogP contribution in [-0.4, -0.2) is 97.5 Å². The molecule has 0 radical (unpaired) electrons. The fourth-order valence-electron chi connectivity index (χ4n) is 5.35. The van der Waals surface area contributed by atoms with Gasteiger partial charge in [-0.15, -0.1) is 10.2 Å². The van der Waals surface area contributed by atoms with E-state index in [9.17, 15) is 15.0 Å². The normalized spacial score (nSPS) is 19.5. The molecule has 17 nitrogen and oxygen atoms in total. The fourth-order valence-corrected chi connectivity index (χ4v) is 5.35. The summed E-state index contributed by atoms with van der Waals surface area (Å²) in [5, 5.41) is 37.3. The Bertz CT molecular complexity index is 1770. The van der Waals surface area contributed by atoms with E-state index in [0.29, 0.717) is 49.5 Å². The van der Waals surface area contributed by atoms with E-state index in [0.717, 1.165) is 11.3 Å². The van der Waals surface area contributed by atoms with Crippen LogP contribution in [0.25, 0.3) is 11.2 Å². The van der Waals surface area contributed by atoms with E-state index in [1.165, 1.54) is 18.0 Å². The van der Waals surface area contributed by atoms with E-state index in [1.807, 2.05) is 55.1 Å². The van der Waals surface area contributed by atoms with Crippen molar-refractivity contribution in [1.29, 1.82) is 0 Å². The number of hydrogen-bond donors (Lipinski definition) is 3. The number of hydrogen-bond acceptors (Lipinski definition) is 14. The number of benzene rings is 1. The van der Waals surface area contributed by atoms with Gasteiger partial charge in [0.1, 0.15) is 12.8 Å². The highest BCUT2D eigenvalue weighted by molar-refractivity contribution is 5.85. The average Bonchev–Trinajstić information content (AvgIpc) is 3.85. The number of aromatic nitrogens is 10. The molecule has 1 aliphatic rings. The molecule has 0 aliphatic carbocycles. The number of esters is 1. The van der Waals surface area contributed by atoms with E-state index in [-0.39, 0.29) is 18.5 Å². The minimum absolute atomic E-state index is 0.151. The zero-order valence-electron chi connectivity index (χ0n) is 25.7. The van der Waals surface area contributed by atoms with Crippen LogP contribution in [0.2, 0.25) is 0 Å². The lowest BCUT2D eigenvalue weighted by molar-refractivity contribution is -0.155. The Balaban J connectivity index is 1.36. The Morgan fingerprint density at radius 2 is 1.98 bits per heavy atom. The molecule has 5 heterocycles. The number of aliphatic hydroxyl groups is 2. The quantitative estimate of drug-likeness (QED) is 0.122. The number of anilines is 2. The number of aliphatic hydroxyl groups excluding tert-OH is 2. The highest BCUT2D eigenvalue weighted by atomic mass is 16.6. The molecule has 1 fully saturated rings. The second-order valence-electron chi connectivity index (χ2n) is 10.9. The van der Waals surface area contributed by atoms with Crippen molar-refractivity contribution < 1.29 is 24.5 Å². The Morgan fingerprint density at radius 3 is 2.67 bits per heavy atom. The predicted octanol–water partition coefficient (Wildman–Crippen LogP) is 0.782. The summed E-state index contributed by atoms with van der Waals surface area (Å²) in [7, 11) is 1.91. The van der Waals surface area contributed by atoms with Gasteiger partial charge in [0, 0.05) is 39.7 Å². The third kappa shape index (κ3) is 6.51. The van der Waals surface area contributed by atoms with Crippen molar-refractivity contribution in [3.8, 4) is 0 Å². The number of nitrogens with one attached hydrogen (secondary N) is 1. The molecule has 3 N–H and O–H groups in total. The summed E-state index contributed by atoms with van der Waals surface area (Å²) in [6.07, 6.45) is 1.90. The molecule has 6 rings (SSSR count). The van der Waals surface area contributed by atoms with Crippen LogP contribution >= 0.6 is 0 Å². The van der Waals surface area contributed by atoms with Gasteiger partial charge in [-0.3, -0.25) is 9.36 Å². The zero-order chi connectivity index (χ0) is 32.2. The Labute approximate surface area is 263 Å². The molecule has 1 saturated heterocycles. The largest absolute Gasteiger partial charge is 0.455 e. The van der Waals surface area contributed by atoms with Crippen LogP contribution in [0.1, 0.15) is 43.3 Å². The first-order valence-electron chi connectivity index (χ1n) is 15.0. The van der Waals surface area contributed by atoms with Crippen molar-refractivity contribution in [3.63, 3.8) is 0 Å². The van der Waals surface area contributed by atoms with Gasteiger partial charge in [0.15, 0.2) is 35.4 Å². The fraction of sp³-hybridized carbons (Fsp3) is 0.448. The molecule has 46 heavy (non-hydrogen) atoms. The minimum atomic E-state index is -1.31. The molecule has 0 amide bonds.